The van der Waals surface area contributed by atoms with Crippen LogP contribution >= 0.6 is 0 Å². The van der Waals surface area contributed by atoms with E-state index in [0.29, 0.717) is 19.6 Å². The molecule has 0 radical (unpaired) electrons. The Hall–Kier alpha value is -0.900. The van der Waals surface area contributed by atoms with E-state index in [0.717, 1.165) is 25.7 Å². The third-order valence-electron chi connectivity index (χ3n) is 2.99. The zero-order valence-corrected chi connectivity index (χ0v) is 12.7. The highest BCUT2D eigenvalue weighted by atomic mass is 16.5. The van der Waals surface area contributed by atoms with Gasteiger partial charge in [0.2, 0.25) is 5.91 Å². The van der Waals surface area contributed by atoms with Crippen molar-refractivity contribution in [2.24, 2.45) is 0 Å². The monoisotopic (exact) mass is 271 g/mol. The van der Waals surface area contributed by atoms with E-state index >= 15 is 0 Å². The van der Waals surface area contributed by atoms with Crippen molar-refractivity contribution in [3.63, 3.8) is 0 Å². The van der Waals surface area contributed by atoms with Gasteiger partial charge in [-0.15, -0.1) is 0 Å². The highest BCUT2D eigenvalue weighted by Crippen LogP contribution is 2.06. The molecule has 0 saturated carbocycles. The van der Waals surface area contributed by atoms with Crippen LogP contribution in [-0.2, 0) is 14.3 Å². The lowest BCUT2D eigenvalue weighted by atomic mass is 10.0. The number of nitrogens with one attached hydrogen (secondary N) is 1. The van der Waals surface area contributed by atoms with Gasteiger partial charge < -0.3 is 10.1 Å². The molecule has 4 heteroatoms. The molecule has 1 N–H and O–H groups in total. The van der Waals surface area contributed by atoms with E-state index in [1.807, 2.05) is 6.92 Å². The zero-order valence-electron chi connectivity index (χ0n) is 12.7. The maximum absolute atomic E-state index is 11.7. The molecule has 112 valence electrons. The Labute approximate surface area is 117 Å². The SMILES string of the molecule is CCCCCC[C@H](NC(=O)CCOCCC)C(C)=O. The van der Waals surface area contributed by atoms with E-state index in [2.05, 4.69) is 12.2 Å². The first-order valence-electron chi connectivity index (χ1n) is 7.49. The van der Waals surface area contributed by atoms with E-state index in [4.69, 9.17) is 4.74 Å². The smallest absolute Gasteiger partial charge is 0.222 e. The molecule has 0 rings (SSSR count). The predicted molar refractivity (Wildman–Crippen MR) is 77.1 cm³/mol. The maximum atomic E-state index is 11.7. The normalized spacial score (nSPS) is 12.2. The fourth-order valence-corrected chi connectivity index (χ4v) is 1.83. The van der Waals surface area contributed by atoms with Gasteiger partial charge in [-0.25, -0.2) is 0 Å². The van der Waals surface area contributed by atoms with Crippen LogP contribution in [0.3, 0.4) is 0 Å². The first-order chi connectivity index (χ1) is 9.11. The average molecular weight is 271 g/mol. The topological polar surface area (TPSA) is 55.4 Å². The Balaban J connectivity index is 3.85. The Morgan fingerprint density at radius 3 is 2.37 bits per heavy atom. The molecule has 0 unspecified atom stereocenters. The van der Waals surface area contributed by atoms with E-state index in [9.17, 15) is 9.59 Å². The van der Waals surface area contributed by atoms with Crippen molar-refractivity contribution in [2.45, 2.75) is 71.8 Å². The van der Waals surface area contributed by atoms with E-state index in [-0.39, 0.29) is 17.7 Å². The number of unbranched alkanes of at least 4 members (excludes halogenated alkanes) is 3. The highest BCUT2D eigenvalue weighted by Gasteiger charge is 2.16. The van der Waals surface area contributed by atoms with Crippen LogP contribution in [0.15, 0.2) is 0 Å². The molecule has 0 aromatic rings. The van der Waals surface area contributed by atoms with Crippen LogP contribution in [0.25, 0.3) is 0 Å². The van der Waals surface area contributed by atoms with Crippen LogP contribution in [0, 0.1) is 0 Å². The predicted octanol–water partition coefficient (Wildman–Crippen LogP) is 2.85. The zero-order chi connectivity index (χ0) is 14.5. The minimum atomic E-state index is -0.324. The second-order valence-electron chi connectivity index (χ2n) is 4.94. The van der Waals surface area contributed by atoms with Crippen molar-refractivity contribution in [3.05, 3.63) is 0 Å². The lowest BCUT2D eigenvalue weighted by Gasteiger charge is -2.15. The summed E-state index contributed by atoms with van der Waals surface area (Å²) in [5, 5.41) is 2.80. The molecular formula is C15H29NO3. The molecule has 0 bridgehead atoms. The number of hydrogen-bond acceptors (Lipinski definition) is 3. The molecule has 0 saturated heterocycles. The summed E-state index contributed by atoms with van der Waals surface area (Å²) in [5.41, 5.74) is 0. The lowest BCUT2D eigenvalue weighted by Crippen LogP contribution is -2.40. The number of amides is 1. The van der Waals surface area contributed by atoms with Crippen molar-refractivity contribution in [2.75, 3.05) is 13.2 Å². The van der Waals surface area contributed by atoms with Crippen LogP contribution < -0.4 is 5.32 Å². The van der Waals surface area contributed by atoms with Crippen LogP contribution in [0.2, 0.25) is 0 Å². The number of hydrogen-bond donors (Lipinski definition) is 1. The van der Waals surface area contributed by atoms with Crippen LogP contribution in [0.5, 0.6) is 0 Å². The van der Waals surface area contributed by atoms with Crippen molar-refractivity contribution >= 4 is 11.7 Å². The summed E-state index contributed by atoms with van der Waals surface area (Å²) in [4.78, 5) is 23.1. The van der Waals surface area contributed by atoms with Gasteiger partial charge in [-0.2, -0.15) is 0 Å². The molecule has 0 aliphatic rings. The molecule has 0 fully saturated rings. The number of ketones is 1. The van der Waals surface area contributed by atoms with Crippen molar-refractivity contribution < 1.29 is 14.3 Å². The van der Waals surface area contributed by atoms with E-state index in [1.165, 1.54) is 12.8 Å². The van der Waals surface area contributed by atoms with Gasteiger partial charge >= 0.3 is 0 Å². The summed E-state index contributed by atoms with van der Waals surface area (Å²) < 4.78 is 5.26. The van der Waals surface area contributed by atoms with Crippen LogP contribution in [0.1, 0.15) is 65.7 Å². The van der Waals surface area contributed by atoms with E-state index in [1.54, 1.807) is 6.92 Å². The van der Waals surface area contributed by atoms with Gasteiger partial charge in [-0.1, -0.05) is 39.5 Å². The fraction of sp³-hybridized carbons (Fsp3) is 0.867. The Morgan fingerprint density at radius 1 is 1.05 bits per heavy atom. The molecular weight excluding hydrogens is 242 g/mol. The van der Waals surface area contributed by atoms with Crippen molar-refractivity contribution in [1.29, 1.82) is 0 Å². The highest BCUT2D eigenvalue weighted by molar-refractivity contribution is 5.87. The number of Topliss-reactive ketones (excluding diaryl/α,β-unsaturated/α-hetero) is 1. The van der Waals surface area contributed by atoms with Gasteiger partial charge in [0.05, 0.1) is 12.6 Å². The molecule has 0 aromatic heterocycles. The molecule has 19 heavy (non-hydrogen) atoms. The Morgan fingerprint density at radius 2 is 1.79 bits per heavy atom. The van der Waals surface area contributed by atoms with E-state index < -0.39 is 0 Å². The molecule has 0 aromatic carbocycles. The second-order valence-corrected chi connectivity index (χ2v) is 4.94. The molecule has 0 heterocycles. The Kier molecular flexibility index (Phi) is 11.6. The molecule has 1 atom stereocenters. The standard InChI is InChI=1S/C15H29NO3/c1-4-6-7-8-9-14(13(3)17)16-15(18)10-12-19-11-5-2/h14H,4-12H2,1-3H3,(H,16,18)/t14-/m0/s1. The molecule has 0 aliphatic carbocycles. The van der Waals surface area contributed by atoms with Crippen LogP contribution in [0.4, 0.5) is 0 Å². The first kappa shape index (κ1) is 18.1. The maximum Gasteiger partial charge on any atom is 0.222 e. The van der Waals surface area contributed by atoms with Crippen molar-refractivity contribution in [3.8, 4) is 0 Å². The molecule has 0 aliphatic heterocycles. The number of ether oxygens (including phenoxy) is 1. The van der Waals surface area contributed by atoms with Gasteiger partial charge in [0.1, 0.15) is 0 Å². The molecule has 1 amide bonds. The van der Waals surface area contributed by atoms with Gasteiger partial charge in [-0.05, 0) is 19.8 Å². The average Bonchev–Trinajstić information content (AvgIpc) is 2.38. The minimum Gasteiger partial charge on any atom is -0.381 e. The number of rotatable bonds is 12. The quantitative estimate of drug-likeness (QED) is 0.555. The summed E-state index contributed by atoms with van der Waals surface area (Å²) in [7, 11) is 0. The minimum absolute atomic E-state index is 0.0410. The van der Waals surface area contributed by atoms with Gasteiger partial charge in [-0.3, -0.25) is 9.59 Å². The van der Waals surface area contributed by atoms with Crippen molar-refractivity contribution in [1.82, 2.24) is 5.32 Å². The number of carbonyl (C=O) groups excluding carboxylic acids is 2. The molecule has 4 nitrogen and oxygen atoms in total. The summed E-state index contributed by atoms with van der Waals surface area (Å²) >= 11 is 0. The summed E-state index contributed by atoms with van der Waals surface area (Å²) in [6.45, 7) is 6.83. The lowest BCUT2D eigenvalue weighted by molar-refractivity contribution is -0.127. The fourth-order valence-electron chi connectivity index (χ4n) is 1.83. The van der Waals surface area contributed by atoms with Gasteiger partial charge in [0.15, 0.2) is 5.78 Å². The van der Waals surface area contributed by atoms with Gasteiger partial charge in [0, 0.05) is 13.0 Å². The second kappa shape index (κ2) is 12.2. The third-order valence-corrected chi connectivity index (χ3v) is 2.99. The Bertz CT molecular complexity index is 254. The van der Waals surface area contributed by atoms with Crippen LogP contribution in [-0.4, -0.2) is 30.9 Å². The summed E-state index contributed by atoms with van der Waals surface area (Å²) in [6.07, 6.45) is 6.50. The van der Waals surface area contributed by atoms with Gasteiger partial charge in [0.25, 0.3) is 0 Å². The summed E-state index contributed by atoms with van der Waals surface area (Å²) in [5.74, 6) is -0.0499. The summed E-state index contributed by atoms with van der Waals surface area (Å²) in [6, 6.07) is -0.324. The number of carbonyl (C=O) groups is 2. The third kappa shape index (κ3) is 10.7. The molecule has 0 spiro atoms. The first-order valence-corrected chi connectivity index (χ1v) is 7.49. The largest absolute Gasteiger partial charge is 0.381 e.